The maximum Gasteiger partial charge on any atom is 0.248 e. The van der Waals surface area contributed by atoms with Crippen molar-refractivity contribution in [3.05, 3.63) is 63.8 Å². The first kappa shape index (κ1) is 32.3. The molecule has 1 saturated carbocycles. The third kappa shape index (κ3) is 6.50. The van der Waals surface area contributed by atoms with Gasteiger partial charge in [0.25, 0.3) is 0 Å². The summed E-state index contributed by atoms with van der Waals surface area (Å²) in [5.41, 5.74) is -3.39. The number of hydrogen-bond donors (Lipinski definition) is 4. The Morgan fingerprint density at radius 1 is 1.05 bits per heavy atom. The molecule has 6 atom stereocenters. The van der Waals surface area contributed by atoms with Gasteiger partial charge in [-0.2, -0.15) is 0 Å². The zero-order valence-corrected chi connectivity index (χ0v) is 24.3. The third-order valence-electron chi connectivity index (χ3n) is 7.64. The quantitative estimate of drug-likeness (QED) is 0.163. The maximum absolute atomic E-state index is 14.1. The van der Waals surface area contributed by atoms with Gasteiger partial charge in [-0.15, -0.1) is 16.9 Å². The smallest absolute Gasteiger partial charge is 0.248 e. The highest BCUT2D eigenvalue weighted by Gasteiger charge is 2.52. The van der Waals surface area contributed by atoms with Crippen LogP contribution in [0.25, 0.3) is 11.3 Å². The molecule has 17 heteroatoms. The van der Waals surface area contributed by atoms with Crippen molar-refractivity contribution in [2.45, 2.75) is 72.2 Å². The second-order valence-corrected chi connectivity index (χ2v) is 12.5. The molecular weight excluding hydrogens is 646 g/mol. The monoisotopic (exact) mass is 670 g/mol. The molecule has 5 rings (SSSR count). The molecule has 0 bridgehead atoms. The minimum Gasteiger partial charge on any atom is -0.394 e. The zero-order chi connectivity index (χ0) is 31.3. The number of aliphatic hydroxyl groups is 4. The molecule has 1 saturated heterocycles. The van der Waals surface area contributed by atoms with E-state index in [0.29, 0.717) is 12.1 Å². The van der Waals surface area contributed by atoms with Gasteiger partial charge in [-0.3, -0.25) is 0 Å². The van der Waals surface area contributed by atoms with Crippen molar-refractivity contribution in [1.82, 2.24) is 20.0 Å². The summed E-state index contributed by atoms with van der Waals surface area (Å²) < 4.78 is 76.0. The summed E-state index contributed by atoms with van der Waals surface area (Å²) in [6.07, 6.45) is -5.35. The number of ether oxygens (including phenoxy) is 1. The van der Waals surface area contributed by atoms with Gasteiger partial charge in [-0.1, -0.05) is 28.4 Å². The van der Waals surface area contributed by atoms with Gasteiger partial charge in [0, 0.05) is 18.4 Å². The van der Waals surface area contributed by atoms with Gasteiger partial charge < -0.3 is 25.2 Å². The van der Waals surface area contributed by atoms with Gasteiger partial charge in [-0.05, 0) is 37.1 Å². The number of thioether (sulfide) groups is 1. The fourth-order valence-corrected chi connectivity index (χ4v) is 7.29. The summed E-state index contributed by atoms with van der Waals surface area (Å²) in [7, 11) is 0. The van der Waals surface area contributed by atoms with E-state index in [9.17, 15) is 42.4 Å². The number of hydrogen-bond acceptors (Lipinski definition) is 9. The van der Waals surface area contributed by atoms with E-state index >= 15 is 0 Å². The van der Waals surface area contributed by atoms with Crippen LogP contribution in [0, 0.1) is 17.5 Å². The summed E-state index contributed by atoms with van der Waals surface area (Å²) in [6, 6.07) is 2.84. The first-order chi connectivity index (χ1) is 20.2. The minimum atomic E-state index is -2.99. The van der Waals surface area contributed by atoms with E-state index in [4.69, 9.17) is 27.9 Å². The van der Waals surface area contributed by atoms with E-state index in [1.165, 1.54) is 12.1 Å². The van der Waals surface area contributed by atoms with E-state index in [1.54, 1.807) is 0 Å². The zero-order valence-electron chi connectivity index (χ0n) is 21.9. The van der Waals surface area contributed by atoms with E-state index in [-0.39, 0.29) is 40.0 Å². The van der Waals surface area contributed by atoms with Crippen LogP contribution in [0.5, 0.6) is 0 Å². The predicted molar refractivity (Wildman–Crippen MR) is 145 cm³/mol. The van der Waals surface area contributed by atoms with Crippen molar-refractivity contribution in [3.63, 3.8) is 0 Å². The van der Waals surface area contributed by atoms with Crippen molar-refractivity contribution in [3.8, 4) is 11.3 Å². The number of halogens is 7. The molecule has 1 aliphatic carbocycles. The molecule has 9 nitrogen and oxygen atoms in total. The van der Waals surface area contributed by atoms with Gasteiger partial charge in [0.15, 0.2) is 17.5 Å². The minimum absolute atomic E-state index is 0.00481. The molecule has 0 radical (unpaired) electrons. The Balaban J connectivity index is 1.49. The van der Waals surface area contributed by atoms with Gasteiger partial charge in [0.2, 0.25) is 5.92 Å². The molecule has 234 valence electrons. The Labute approximate surface area is 255 Å². The molecular formula is C26H25Cl2F5N4O5S. The molecule has 0 spiro atoms. The highest BCUT2D eigenvalue weighted by Crippen LogP contribution is 2.53. The Hall–Kier alpha value is -2.11. The van der Waals surface area contributed by atoms with E-state index < -0.39 is 83.5 Å². The number of rotatable bonds is 7. The van der Waals surface area contributed by atoms with Crippen LogP contribution in [0.1, 0.15) is 42.7 Å². The third-order valence-corrected chi connectivity index (χ3v) is 9.76. The highest BCUT2D eigenvalue weighted by molar-refractivity contribution is 8.00. The lowest BCUT2D eigenvalue weighted by Crippen LogP contribution is -2.55. The molecule has 4 N–H and O–H groups in total. The van der Waals surface area contributed by atoms with E-state index in [1.807, 2.05) is 0 Å². The molecule has 1 aromatic carbocycles. The molecule has 2 aromatic heterocycles. The lowest BCUT2D eigenvalue weighted by molar-refractivity contribution is -0.179. The van der Waals surface area contributed by atoms with Gasteiger partial charge in [0.05, 0.1) is 34.4 Å². The second kappa shape index (κ2) is 12.4. The van der Waals surface area contributed by atoms with Gasteiger partial charge in [0.1, 0.15) is 40.6 Å². The van der Waals surface area contributed by atoms with Crippen LogP contribution in [-0.4, -0.2) is 82.3 Å². The topological polar surface area (TPSA) is 134 Å². The fourth-order valence-electron chi connectivity index (χ4n) is 5.26. The summed E-state index contributed by atoms with van der Waals surface area (Å²) in [5, 5.41) is 50.6. The van der Waals surface area contributed by atoms with Crippen LogP contribution in [0.2, 0.25) is 10.2 Å². The molecule has 2 fully saturated rings. The Bertz CT molecular complexity index is 1460. The number of aliphatic hydroxyl groups excluding tert-OH is 3. The molecule has 43 heavy (non-hydrogen) atoms. The van der Waals surface area contributed by atoms with Crippen molar-refractivity contribution in [1.29, 1.82) is 0 Å². The number of aromatic nitrogens is 4. The van der Waals surface area contributed by atoms with Crippen molar-refractivity contribution in [2.24, 2.45) is 0 Å². The maximum atomic E-state index is 14.1. The van der Waals surface area contributed by atoms with Crippen molar-refractivity contribution < 1.29 is 47.1 Å². The van der Waals surface area contributed by atoms with E-state index in [0.717, 1.165) is 22.6 Å². The summed E-state index contributed by atoms with van der Waals surface area (Å²) >= 11 is 13.3. The lowest BCUT2D eigenvalue weighted by Gasteiger charge is -2.46. The Morgan fingerprint density at radius 3 is 2.33 bits per heavy atom. The van der Waals surface area contributed by atoms with Crippen LogP contribution < -0.4 is 0 Å². The van der Waals surface area contributed by atoms with Crippen LogP contribution in [0.15, 0.2) is 30.5 Å². The fraction of sp³-hybridized carbons (Fsp3) is 0.500. The van der Waals surface area contributed by atoms with Crippen LogP contribution in [0.4, 0.5) is 22.0 Å². The summed E-state index contributed by atoms with van der Waals surface area (Å²) in [5.74, 6) is -7.61. The molecule has 3 heterocycles. The largest absolute Gasteiger partial charge is 0.394 e. The predicted octanol–water partition coefficient (Wildman–Crippen LogP) is 4.46. The first-order valence-corrected chi connectivity index (χ1v) is 14.7. The average molecular weight is 671 g/mol. The molecule has 0 amide bonds. The summed E-state index contributed by atoms with van der Waals surface area (Å²) in [4.78, 5) is 4.22. The molecule has 1 unspecified atom stereocenters. The molecule has 2 aliphatic rings. The standard InChI is InChI=1S/C26H25Cl2F5N4O5S/c27-12-1-2-17(28)34-19(12)23(25(41)3-5-26(32,33)6-4-25)43-24-22(40)20(21(39)16(10-38)42-24)37-9-15(35-36-37)11-7-13(29)18(31)14(30)8-11/h1-2,7-9,16,20-24,38-41H,3-6,10H2/t16-,20+,21+,22-,23?,24+/m1/s1. The molecule has 3 aromatic rings. The lowest BCUT2D eigenvalue weighted by atomic mass is 9.79. The van der Waals surface area contributed by atoms with Crippen molar-refractivity contribution in [2.75, 3.05) is 6.61 Å². The first-order valence-electron chi connectivity index (χ1n) is 13.0. The Morgan fingerprint density at radius 2 is 1.70 bits per heavy atom. The van der Waals surface area contributed by atoms with Crippen LogP contribution in [0.3, 0.4) is 0 Å². The SMILES string of the molecule is OC[C@H]1O[C@@H](SC(c2nc(Cl)ccc2Cl)C2(O)CCC(F)(F)CC2)[C@H](O)[C@@H](n2cc(-c3cc(F)c(F)c(F)c3)nn2)[C@H]1O. The average Bonchev–Trinajstić information content (AvgIpc) is 3.44. The Kier molecular flexibility index (Phi) is 9.27. The summed E-state index contributed by atoms with van der Waals surface area (Å²) in [6.45, 7) is -0.727. The normalized spacial score (nSPS) is 27.7. The number of pyridine rings is 1. The van der Waals surface area contributed by atoms with Gasteiger partial charge in [-0.25, -0.2) is 31.6 Å². The van der Waals surface area contributed by atoms with Gasteiger partial charge >= 0.3 is 0 Å². The number of nitrogens with zero attached hydrogens (tertiary/aromatic N) is 4. The van der Waals surface area contributed by atoms with Crippen molar-refractivity contribution >= 4 is 35.0 Å². The van der Waals surface area contributed by atoms with E-state index in [2.05, 4.69) is 15.3 Å². The number of benzene rings is 1. The molecule has 1 aliphatic heterocycles. The van der Waals surface area contributed by atoms with Crippen LogP contribution >= 0.6 is 35.0 Å². The van der Waals surface area contributed by atoms with Crippen LogP contribution in [-0.2, 0) is 4.74 Å². The highest BCUT2D eigenvalue weighted by atomic mass is 35.5. The second-order valence-electron chi connectivity index (χ2n) is 10.5. The number of alkyl halides is 2.